The molecule has 0 N–H and O–H groups in total. The monoisotopic (exact) mass is 459 g/mol. The number of benzene rings is 3. The summed E-state index contributed by atoms with van der Waals surface area (Å²) in [5, 5.41) is 0.980. The fourth-order valence-corrected chi connectivity index (χ4v) is 5.17. The Labute approximate surface area is 194 Å². The average Bonchev–Trinajstić information content (AvgIpc) is 3.16. The van der Waals surface area contributed by atoms with Crippen LogP contribution in [0.15, 0.2) is 82.7 Å². The largest absolute Gasteiger partial charge is 0.308 e. The van der Waals surface area contributed by atoms with Crippen LogP contribution in [0.25, 0.3) is 10.9 Å². The minimum atomic E-state index is -0.331. The topological polar surface area (TPSA) is 55.2 Å². The number of rotatable bonds is 5. The van der Waals surface area contributed by atoms with Crippen LogP contribution < -0.4 is 10.5 Å². The van der Waals surface area contributed by atoms with Crippen molar-refractivity contribution in [2.75, 3.05) is 10.7 Å². The molecule has 0 saturated carbocycles. The Morgan fingerprint density at radius 2 is 1.79 bits per heavy atom. The number of thioether (sulfide) groups is 1. The molecule has 0 bridgehead atoms. The van der Waals surface area contributed by atoms with E-state index in [0.717, 1.165) is 17.7 Å². The zero-order valence-electron chi connectivity index (χ0n) is 18.1. The maximum Gasteiger partial charge on any atom is 0.262 e. The highest BCUT2D eigenvalue weighted by atomic mass is 32.2. The number of amides is 1. The number of nitrogens with zero attached hydrogens (tertiary/aromatic N) is 3. The summed E-state index contributed by atoms with van der Waals surface area (Å²) in [5.41, 5.74) is 3.31. The third-order valence-electron chi connectivity index (χ3n) is 5.88. The van der Waals surface area contributed by atoms with Gasteiger partial charge in [0, 0.05) is 11.7 Å². The van der Waals surface area contributed by atoms with Crippen LogP contribution in [0.3, 0.4) is 0 Å². The molecule has 5 nitrogen and oxygen atoms in total. The molecule has 0 saturated heterocycles. The second kappa shape index (κ2) is 8.83. The Hall–Kier alpha value is -3.45. The highest BCUT2D eigenvalue weighted by Crippen LogP contribution is 2.32. The molecular weight excluding hydrogens is 437 g/mol. The van der Waals surface area contributed by atoms with Gasteiger partial charge in [0.15, 0.2) is 5.16 Å². The summed E-state index contributed by atoms with van der Waals surface area (Å²) >= 11 is 1.26. The van der Waals surface area contributed by atoms with Crippen LogP contribution in [-0.2, 0) is 17.8 Å². The summed E-state index contributed by atoms with van der Waals surface area (Å²) < 4.78 is 14.9. The summed E-state index contributed by atoms with van der Waals surface area (Å²) in [6, 6.07) is 21.3. The van der Waals surface area contributed by atoms with E-state index in [4.69, 9.17) is 4.98 Å². The smallest absolute Gasteiger partial charge is 0.262 e. The van der Waals surface area contributed by atoms with Crippen molar-refractivity contribution >= 4 is 34.3 Å². The molecule has 5 rings (SSSR count). The van der Waals surface area contributed by atoms with Crippen LogP contribution in [0.4, 0.5) is 10.1 Å². The number of carbonyl (C=O) groups is 1. The molecule has 166 valence electrons. The quantitative estimate of drug-likeness (QED) is 0.322. The van der Waals surface area contributed by atoms with Gasteiger partial charge in [0.25, 0.3) is 5.56 Å². The highest BCUT2D eigenvalue weighted by Gasteiger charge is 2.30. The van der Waals surface area contributed by atoms with Gasteiger partial charge in [-0.25, -0.2) is 9.37 Å². The first-order chi connectivity index (χ1) is 16.0. The van der Waals surface area contributed by atoms with Gasteiger partial charge in [0.05, 0.1) is 23.2 Å². The van der Waals surface area contributed by atoms with Gasteiger partial charge in [-0.1, -0.05) is 54.2 Å². The number of hydrogen-bond donors (Lipinski definition) is 0. The molecule has 0 spiro atoms. The van der Waals surface area contributed by atoms with Crippen molar-refractivity contribution in [1.29, 1.82) is 0 Å². The molecular formula is C26H22FN3O2S. The summed E-state index contributed by atoms with van der Waals surface area (Å²) in [4.78, 5) is 33.0. The predicted molar refractivity (Wildman–Crippen MR) is 129 cm³/mol. The number of aromatic nitrogens is 2. The minimum absolute atomic E-state index is 0.0202. The van der Waals surface area contributed by atoms with Gasteiger partial charge in [0.1, 0.15) is 5.82 Å². The maximum atomic E-state index is 13.4. The summed E-state index contributed by atoms with van der Waals surface area (Å²) in [6.45, 7) is 2.29. The van der Waals surface area contributed by atoms with Crippen molar-refractivity contribution in [2.24, 2.45) is 0 Å². The molecule has 33 heavy (non-hydrogen) atoms. The van der Waals surface area contributed by atoms with Crippen LogP contribution >= 0.6 is 11.8 Å². The van der Waals surface area contributed by atoms with E-state index in [2.05, 4.69) is 6.07 Å². The van der Waals surface area contributed by atoms with E-state index in [9.17, 15) is 14.0 Å². The van der Waals surface area contributed by atoms with Gasteiger partial charge in [-0.15, -0.1) is 0 Å². The van der Waals surface area contributed by atoms with Crippen molar-refractivity contribution in [3.05, 3.63) is 100 Å². The summed E-state index contributed by atoms with van der Waals surface area (Å²) in [7, 11) is 0. The second-order valence-electron chi connectivity index (χ2n) is 8.16. The molecule has 0 radical (unpaired) electrons. The molecule has 1 aliphatic heterocycles. The first-order valence-electron chi connectivity index (χ1n) is 10.8. The Morgan fingerprint density at radius 3 is 2.61 bits per heavy atom. The van der Waals surface area contributed by atoms with Crippen molar-refractivity contribution in [3.8, 4) is 0 Å². The average molecular weight is 460 g/mol. The van der Waals surface area contributed by atoms with Crippen LogP contribution in [0.1, 0.15) is 18.1 Å². The summed E-state index contributed by atoms with van der Waals surface area (Å²) in [6.07, 6.45) is 0.829. The Kier molecular flexibility index (Phi) is 5.72. The second-order valence-corrected chi connectivity index (χ2v) is 9.11. The number of halogens is 1. The van der Waals surface area contributed by atoms with Gasteiger partial charge in [0.2, 0.25) is 5.91 Å². The lowest BCUT2D eigenvalue weighted by atomic mass is 10.1. The maximum absolute atomic E-state index is 13.4. The van der Waals surface area contributed by atoms with Crippen LogP contribution in [-0.4, -0.2) is 27.3 Å². The number of para-hydroxylation sites is 2. The lowest BCUT2D eigenvalue weighted by molar-refractivity contribution is -0.116. The number of fused-ring (bicyclic) bond motifs is 2. The molecule has 1 atom stereocenters. The van der Waals surface area contributed by atoms with E-state index in [-0.39, 0.29) is 35.6 Å². The van der Waals surface area contributed by atoms with Gasteiger partial charge in [-0.05, 0) is 54.8 Å². The van der Waals surface area contributed by atoms with Crippen LogP contribution in [0.5, 0.6) is 0 Å². The SMILES string of the molecule is CC1Cc2ccccc2N1C(=O)CSc1nc2ccccc2c(=O)n1Cc1ccc(F)cc1. The van der Waals surface area contributed by atoms with E-state index in [1.165, 1.54) is 29.5 Å². The Bertz CT molecular complexity index is 1400. The van der Waals surface area contributed by atoms with Gasteiger partial charge in [-0.2, -0.15) is 0 Å². The molecule has 4 aromatic rings. The number of hydrogen-bond acceptors (Lipinski definition) is 4. The van der Waals surface area contributed by atoms with Crippen molar-refractivity contribution in [2.45, 2.75) is 31.1 Å². The van der Waals surface area contributed by atoms with Gasteiger partial charge in [-0.3, -0.25) is 14.2 Å². The zero-order valence-corrected chi connectivity index (χ0v) is 18.9. The molecule has 1 aromatic heterocycles. The Balaban J connectivity index is 1.46. The molecule has 0 fully saturated rings. The number of carbonyl (C=O) groups excluding carboxylic acids is 1. The Morgan fingerprint density at radius 1 is 1.06 bits per heavy atom. The van der Waals surface area contributed by atoms with Gasteiger partial charge < -0.3 is 4.90 Å². The fraction of sp³-hybridized carbons (Fsp3) is 0.192. The highest BCUT2D eigenvalue weighted by molar-refractivity contribution is 7.99. The van der Waals surface area contributed by atoms with E-state index in [1.807, 2.05) is 36.1 Å². The molecule has 3 aromatic carbocycles. The molecule has 2 heterocycles. The first-order valence-corrected chi connectivity index (χ1v) is 11.8. The van der Waals surface area contributed by atoms with E-state index < -0.39 is 0 Å². The first kappa shape index (κ1) is 21.4. The van der Waals surface area contributed by atoms with Crippen LogP contribution in [0.2, 0.25) is 0 Å². The fourth-order valence-electron chi connectivity index (χ4n) is 4.31. The molecule has 1 amide bonds. The van der Waals surface area contributed by atoms with E-state index in [0.29, 0.717) is 16.1 Å². The van der Waals surface area contributed by atoms with E-state index >= 15 is 0 Å². The lowest BCUT2D eigenvalue weighted by Crippen LogP contribution is -2.37. The third-order valence-corrected chi connectivity index (χ3v) is 6.84. The van der Waals surface area contributed by atoms with Crippen molar-refractivity contribution in [1.82, 2.24) is 9.55 Å². The van der Waals surface area contributed by atoms with Crippen molar-refractivity contribution in [3.63, 3.8) is 0 Å². The van der Waals surface area contributed by atoms with Gasteiger partial charge >= 0.3 is 0 Å². The predicted octanol–water partition coefficient (Wildman–Crippen LogP) is 4.65. The lowest BCUT2D eigenvalue weighted by Gasteiger charge is -2.23. The molecule has 7 heteroatoms. The van der Waals surface area contributed by atoms with Crippen molar-refractivity contribution < 1.29 is 9.18 Å². The molecule has 0 aliphatic carbocycles. The molecule has 1 aliphatic rings. The minimum Gasteiger partial charge on any atom is -0.308 e. The third kappa shape index (κ3) is 4.16. The zero-order chi connectivity index (χ0) is 22.9. The van der Waals surface area contributed by atoms with E-state index in [1.54, 1.807) is 34.9 Å². The standard InChI is InChI=1S/C26H22FN3O2S/c1-17-14-19-6-2-5-9-23(19)30(17)24(31)16-33-26-28-22-8-4-3-7-21(22)25(32)29(26)15-18-10-12-20(27)13-11-18/h2-13,17H,14-16H2,1H3. The van der Waals surface area contributed by atoms with Crippen LogP contribution in [0, 0.1) is 5.82 Å². The summed E-state index contributed by atoms with van der Waals surface area (Å²) in [5.74, 6) is -0.191. The normalized spacial score (nSPS) is 15.1. The molecule has 1 unspecified atom stereocenters. The number of anilines is 1.